The Bertz CT molecular complexity index is 556. The largest absolute Gasteiger partial charge is 0.389 e. The van der Waals surface area contributed by atoms with Crippen LogP contribution in [0.5, 0.6) is 0 Å². The standard InChI is InChI=1S/C16H21ClN2O3/c1-19(15(21)10-16(22)7-2-3-8-16)11-14(20)18-13-6-4-5-12(17)9-13/h4-6,9,22H,2-3,7-8,10-11H2,1H3,(H,18,20). The van der Waals surface area contributed by atoms with E-state index in [1.807, 2.05) is 0 Å². The molecule has 0 unspecified atom stereocenters. The molecule has 22 heavy (non-hydrogen) atoms. The second-order valence-corrected chi connectivity index (χ2v) is 6.35. The summed E-state index contributed by atoms with van der Waals surface area (Å²) in [4.78, 5) is 25.4. The third-order valence-corrected chi connectivity index (χ3v) is 4.16. The van der Waals surface area contributed by atoms with Crippen molar-refractivity contribution in [3.63, 3.8) is 0 Å². The van der Waals surface area contributed by atoms with E-state index in [1.165, 1.54) is 4.90 Å². The summed E-state index contributed by atoms with van der Waals surface area (Å²) in [7, 11) is 1.57. The summed E-state index contributed by atoms with van der Waals surface area (Å²) in [5.74, 6) is -0.512. The smallest absolute Gasteiger partial charge is 0.243 e. The van der Waals surface area contributed by atoms with Crippen molar-refractivity contribution in [3.8, 4) is 0 Å². The molecule has 2 rings (SSSR count). The quantitative estimate of drug-likeness (QED) is 0.874. The monoisotopic (exact) mass is 324 g/mol. The van der Waals surface area contributed by atoms with Crippen molar-refractivity contribution in [2.75, 3.05) is 18.9 Å². The Labute approximate surface area is 135 Å². The second-order valence-electron chi connectivity index (χ2n) is 5.92. The average Bonchev–Trinajstić information content (AvgIpc) is 2.84. The fourth-order valence-corrected chi connectivity index (χ4v) is 2.89. The lowest BCUT2D eigenvalue weighted by Crippen LogP contribution is -2.39. The third kappa shape index (κ3) is 4.71. The number of hydrogen-bond donors (Lipinski definition) is 2. The molecule has 0 saturated heterocycles. The number of carbonyl (C=O) groups excluding carboxylic acids is 2. The second kappa shape index (κ2) is 7.11. The molecule has 1 aromatic rings. The molecule has 0 radical (unpaired) electrons. The molecule has 0 heterocycles. The van der Waals surface area contributed by atoms with Crippen molar-refractivity contribution in [2.45, 2.75) is 37.7 Å². The molecular weight excluding hydrogens is 304 g/mol. The predicted octanol–water partition coefficient (Wildman–Crippen LogP) is 2.43. The number of hydrogen-bond acceptors (Lipinski definition) is 3. The Balaban J connectivity index is 1.84. The molecule has 0 spiro atoms. The number of halogens is 1. The first-order chi connectivity index (χ1) is 10.4. The number of nitrogens with zero attached hydrogens (tertiary/aromatic N) is 1. The fourth-order valence-electron chi connectivity index (χ4n) is 2.70. The summed E-state index contributed by atoms with van der Waals surface area (Å²) < 4.78 is 0. The summed E-state index contributed by atoms with van der Waals surface area (Å²) in [6.45, 7) is -0.0541. The number of anilines is 1. The van der Waals surface area contributed by atoms with Gasteiger partial charge in [-0.2, -0.15) is 0 Å². The zero-order valence-electron chi connectivity index (χ0n) is 12.6. The van der Waals surface area contributed by atoms with Gasteiger partial charge in [0.15, 0.2) is 0 Å². The van der Waals surface area contributed by atoms with E-state index in [1.54, 1.807) is 31.3 Å². The van der Waals surface area contributed by atoms with E-state index >= 15 is 0 Å². The van der Waals surface area contributed by atoms with E-state index in [0.717, 1.165) is 12.8 Å². The van der Waals surface area contributed by atoms with Crippen molar-refractivity contribution in [1.82, 2.24) is 4.90 Å². The van der Waals surface area contributed by atoms with Crippen LogP contribution in [0.25, 0.3) is 0 Å². The average molecular weight is 325 g/mol. The minimum absolute atomic E-state index is 0.0541. The highest BCUT2D eigenvalue weighted by Crippen LogP contribution is 2.32. The molecule has 0 aliphatic heterocycles. The Morgan fingerprint density at radius 1 is 1.36 bits per heavy atom. The van der Waals surface area contributed by atoms with E-state index in [0.29, 0.717) is 23.6 Å². The van der Waals surface area contributed by atoms with Gasteiger partial charge in [-0.25, -0.2) is 0 Å². The zero-order chi connectivity index (χ0) is 16.2. The molecule has 0 bridgehead atoms. The van der Waals surface area contributed by atoms with E-state index in [2.05, 4.69) is 5.32 Å². The first-order valence-corrected chi connectivity index (χ1v) is 7.77. The molecule has 1 saturated carbocycles. The highest BCUT2D eigenvalue weighted by molar-refractivity contribution is 6.30. The van der Waals surface area contributed by atoms with Crippen LogP contribution < -0.4 is 5.32 Å². The van der Waals surface area contributed by atoms with Gasteiger partial charge in [-0.1, -0.05) is 30.5 Å². The maximum atomic E-state index is 12.1. The van der Waals surface area contributed by atoms with Gasteiger partial charge in [0.25, 0.3) is 0 Å². The van der Waals surface area contributed by atoms with Crippen molar-refractivity contribution in [2.24, 2.45) is 0 Å². The summed E-state index contributed by atoms with van der Waals surface area (Å²) in [6, 6.07) is 6.83. The topological polar surface area (TPSA) is 69.6 Å². The Kier molecular flexibility index (Phi) is 5.42. The highest BCUT2D eigenvalue weighted by atomic mass is 35.5. The molecule has 1 aliphatic rings. The maximum Gasteiger partial charge on any atom is 0.243 e. The molecule has 1 fully saturated rings. The van der Waals surface area contributed by atoms with Gasteiger partial charge in [0, 0.05) is 17.8 Å². The number of rotatable bonds is 5. The number of aliphatic hydroxyl groups is 1. The van der Waals surface area contributed by atoms with Gasteiger partial charge in [-0.3, -0.25) is 9.59 Å². The van der Waals surface area contributed by atoms with Gasteiger partial charge in [-0.05, 0) is 31.0 Å². The van der Waals surface area contributed by atoms with Crippen molar-refractivity contribution >= 4 is 29.1 Å². The van der Waals surface area contributed by atoms with Crippen LogP contribution in [0.2, 0.25) is 5.02 Å². The van der Waals surface area contributed by atoms with E-state index in [-0.39, 0.29) is 24.8 Å². The molecule has 1 aliphatic carbocycles. The van der Waals surface area contributed by atoms with Crippen LogP contribution >= 0.6 is 11.6 Å². The van der Waals surface area contributed by atoms with Crippen LogP contribution in [0.15, 0.2) is 24.3 Å². The number of likely N-dealkylation sites (N-methyl/N-ethyl adjacent to an activating group) is 1. The van der Waals surface area contributed by atoms with Crippen molar-refractivity contribution < 1.29 is 14.7 Å². The fraction of sp³-hybridized carbons (Fsp3) is 0.500. The maximum absolute atomic E-state index is 12.1. The van der Waals surface area contributed by atoms with Gasteiger partial charge >= 0.3 is 0 Å². The molecule has 5 nitrogen and oxygen atoms in total. The number of amides is 2. The van der Waals surface area contributed by atoms with Crippen LogP contribution in [0, 0.1) is 0 Å². The molecule has 1 aromatic carbocycles. The van der Waals surface area contributed by atoms with E-state index in [9.17, 15) is 14.7 Å². The Morgan fingerprint density at radius 3 is 2.68 bits per heavy atom. The first-order valence-electron chi connectivity index (χ1n) is 7.40. The van der Waals surface area contributed by atoms with Crippen LogP contribution in [-0.4, -0.2) is 41.0 Å². The summed E-state index contributed by atoms with van der Waals surface area (Å²) >= 11 is 5.85. The van der Waals surface area contributed by atoms with Crippen LogP contribution in [0.1, 0.15) is 32.1 Å². The van der Waals surface area contributed by atoms with E-state index in [4.69, 9.17) is 11.6 Å². The van der Waals surface area contributed by atoms with Gasteiger partial charge < -0.3 is 15.3 Å². The summed E-state index contributed by atoms with van der Waals surface area (Å²) in [6.07, 6.45) is 3.28. The van der Waals surface area contributed by atoms with Gasteiger partial charge in [-0.15, -0.1) is 0 Å². The third-order valence-electron chi connectivity index (χ3n) is 3.93. The lowest BCUT2D eigenvalue weighted by atomic mass is 9.97. The zero-order valence-corrected chi connectivity index (χ0v) is 13.4. The predicted molar refractivity (Wildman–Crippen MR) is 85.8 cm³/mol. The van der Waals surface area contributed by atoms with Gasteiger partial charge in [0.1, 0.15) is 0 Å². The first kappa shape index (κ1) is 16.8. The molecule has 2 N–H and O–H groups in total. The molecular formula is C16H21ClN2O3. The number of carbonyl (C=O) groups is 2. The highest BCUT2D eigenvalue weighted by Gasteiger charge is 2.34. The van der Waals surface area contributed by atoms with Crippen molar-refractivity contribution in [1.29, 1.82) is 0 Å². The summed E-state index contributed by atoms with van der Waals surface area (Å²) in [5, 5.41) is 13.5. The van der Waals surface area contributed by atoms with Crippen LogP contribution in [0.4, 0.5) is 5.69 Å². The van der Waals surface area contributed by atoms with Gasteiger partial charge in [0.2, 0.25) is 11.8 Å². The lowest BCUT2D eigenvalue weighted by molar-refractivity contribution is -0.137. The minimum atomic E-state index is -0.894. The van der Waals surface area contributed by atoms with Crippen molar-refractivity contribution in [3.05, 3.63) is 29.3 Å². The molecule has 0 atom stereocenters. The molecule has 6 heteroatoms. The molecule has 120 valence electrons. The van der Waals surface area contributed by atoms with E-state index < -0.39 is 5.60 Å². The van der Waals surface area contributed by atoms with Crippen LogP contribution in [0.3, 0.4) is 0 Å². The Hall–Kier alpha value is -1.59. The minimum Gasteiger partial charge on any atom is -0.389 e. The molecule has 0 aromatic heterocycles. The Morgan fingerprint density at radius 2 is 2.05 bits per heavy atom. The summed E-state index contributed by atoms with van der Waals surface area (Å²) in [5.41, 5.74) is -0.304. The lowest BCUT2D eigenvalue weighted by Gasteiger charge is -2.25. The normalized spacial score (nSPS) is 16.3. The SMILES string of the molecule is CN(CC(=O)Nc1cccc(Cl)c1)C(=O)CC1(O)CCCC1. The van der Waals surface area contributed by atoms with Crippen LogP contribution in [-0.2, 0) is 9.59 Å². The molecule has 2 amide bonds. The number of benzene rings is 1. The van der Waals surface area contributed by atoms with Gasteiger partial charge in [0.05, 0.1) is 18.6 Å². The number of nitrogens with one attached hydrogen (secondary N) is 1.